The lowest BCUT2D eigenvalue weighted by molar-refractivity contribution is -0.163. The van der Waals surface area contributed by atoms with Gasteiger partial charge in [0.15, 0.2) is 31.1 Å². The first kappa shape index (κ1) is 61.7. The molecule has 6 fully saturated rings. The number of nitrogens with zero attached hydrogens (tertiary/aromatic N) is 6. The van der Waals surface area contributed by atoms with Crippen LogP contribution < -0.4 is 8.61 Å². The summed E-state index contributed by atoms with van der Waals surface area (Å²) in [6.45, 7) is 7.54. The monoisotopic (exact) mass is 1300 g/mol. The summed E-state index contributed by atoms with van der Waals surface area (Å²) in [4.78, 5) is 86.4. The summed E-state index contributed by atoms with van der Waals surface area (Å²) in [5.41, 5.74) is 2.26. The number of anilines is 2. The Hall–Kier alpha value is -6.56. The van der Waals surface area contributed by atoms with Gasteiger partial charge in [-0.2, -0.15) is 0 Å². The van der Waals surface area contributed by atoms with Crippen LogP contribution in [0.3, 0.4) is 0 Å². The average molecular weight is 1300 g/mol. The van der Waals surface area contributed by atoms with Crippen molar-refractivity contribution < 1.29 is 45.6 Å². The Morgan fingerprint density at radius 1 is 0.500 bits per heavy atom. The first-order valence-corrected chi connectivity index (χ1v) is 36.5. The van der Waals surface area contributed by atoms with Crippen molar-refractivity contribution in [3.8, 4) is 0 Å². The average Bonchev–Trinajstić information content (AvgIpc) is 1.49. The molecule has 8 atom stereocenters. The van der Waals surface area contributed by atoms with Gasteiger partial charge in [0.1, 0.15) is 12.3 Å². The number of carbonyl (C=O) groups is 6. The molecule has 4 amide bonds. The predicted molar refractivity (Wildman–Crippen MR) is 347 cm³/mol. The van der Waals surface area contributed by atoms with E-state index >= 15 is 9.59 Å². The first-order valence-electron chi connectivity index (χ1n) is 29.5. The molecule has 6 saturated heterocycles. The summed E-state index contributed by atoms with van der Waals surface area (Å²) < 4.78 is 61.0. The summed E-state index contributed by atoms with van der Waals surface area (Å²) in [6.07, 6.45) is 1.60. The van der Waals surface area contributed by atoms with Crippen LogP contribution in [0.25, 0.3) is 0 Å². The number of hydrogen-bond acceptors (Lipinski definition) is 14. The number of carbonyl (C=O) groups excluding carboxylic acids is 6. The van der Waals surface area contributed by atoms with Crippen molar-refractivity contribution in [1.82, 2.24) is 19.6 Å². The molecule has 88 heavy (non-hydrogen) atoms. The van der Waals surface area contributed by atoms with E-state index in [1.54, 1.807) is 164 Å². The number of hydrogen-bond donors (Lipinski definition) is 0. The molecular formula is C66H68N6O10S6. The van der Waals surface area contributed by atoms with Gasteiger partial charge >= 0.3 is 0 Å². The number of ketones is 2. The third-order valence-corrected chi connectivity index (χ3v) is 28.9. The second-order valence-corrected chi connectivity index (χ2v) is 33.0. The highest BCUT2D eigenvalue weighted by Crippen LogP contribution is 2.71. The highest BCUT2D eigenvalue weighted by atomic mass is 33.1. The summed E-state index contributed by atoms with van der Waals surface area (Å²) in [7, 11) is -2.15. The van der Waals surface area contributed by atoms with Gasteiger partial charge in [0, 0.05) is 73.2 Å². The lowest BCUT2D eigenvalue weighted by atomic mass is 9.74. The summed E-state index contributed by atoms with van der Waals surface area (Å²) >= 11 is 2.47. The molecule has 0 aromatic heterocycles. The van der Waals surface area contributed by atoms with Gasteiger partial charge in [0.05, 0.1) is 21.2 Å². The molecule has 1 spiro atoms. The Kier molecular flexibility index (Phi) is 15.9. The minimum Gasteiger partial charge on any atom is -0.320 e. The van der Waals surface area contributed by atoms with Crippen LogP contribution in [0.15, 0.2) is 180 Å². The number of rotatable bonds is 18. The van der Waals surface area contributed by atoms with Gasteiger partial charge in [-0.3, -0.25) is 38.6 Å². The molecule has 8 aliphatic heterocycles. The molecular weight excluding hydrogens is 1230 g/mol. The van der Waals surface area contributed by atoms with Gasteiger partial charge in [-0.1, -0.05) is 182 Å². The topological polar surface area (TPSA) is 190 Å². The van der Waals surface area contributed by atoms with E-state index in [9.17, 15) is 36.0 Å². The number of Topliss-reactive ketones (excluding diaryl/α,β-unsaturated/α-hetero) is 2. The zero-order valence-corrected chi connectivity index (χ0v) is 54.5. The molecule has 16 nitrogen and oxygen atoms in total. The van der Waals surface area contributed by atoms with Crippen molar-refractivity contribution in [2.75, 3.05) is 34.2 Å². The maximum atomic E-state index is 15.5. The zero-order chi connectivity index (χ0) is 62.4. The number of amides is 4. The van der Waals surface area contributed by atoms with E-state index in [2.05, 4.69) is 6.92 Å². The van der Waals surface area contributed by atoms with Crippen LogP contribution in [0.1, 0.15) is 111 Å². The van der Waals surface area contributed by atoms with E-state index in [1.165, 1.54) is 58.6 Å². The van der Waals surface area contributed by atoms with Crippen molar-refractivity contribution in [2.45, 2.75) is 131 Å². The third-order valence-electron chi connectivity index (χ3n) is 18.9. The van der Waals surface area contributed by atoms with Gasteiger partial charge in [0.2, 0.25) is 0 Å². The van der Waals surface area contributed by atoms with Crippen LogP contribution >= 0.6 is 45.1 Å². The minimum atomic E-state index is -4.26. The highest BCUT2D eigenvalue weighted by molar-refractivity contribution is 8.78. The van der Waals surface area contributed by atoms with Crippen molar-refractivity contribution >= 4 is 112 Å². The number of fused-ring (bicyclic) bond motifs is 10. The Balaban J connectivity index is 0.000000189. The van der Waals surface area contributed by atoms with Crippen LogP contribution in [0.4, 0.5) is 11.4 Å². The van der Waals surface area contributed by atoms with Gasteiger partial charge in [-0.15, -0.1) is 23.5 Å². The molecule has 0 N–H and O–H groups in total. The van der Waals surface area contributed by atoms with E-state index < -0.39 is 68.6 Å². The number of benzene rings is 6. The van der Waals surface area contributed by atoms with E-state index in [-0.39, 0.29) is 69.8 Å². The molecule has 0 saturated carbocycles. The number of likely N-dealkylation sites (N-methyl/N-ethyl adjacent to an activating group) is 2. The lowest BCUT2D eigenvalue weighted by Crippen LogP contribution is -2.76. The van der Waals surface area contributed by atoms with Crippen LogP contribution in [0, 0.1) is 0 Å². The number of thioether (sulfide) groups is 2. The van der Waals surface area contributed by atoms with Gasteiger partial charge < -0.3 is 9.80 Å². The fourth-order valence-electron chi connectivity index (χ4n) is 14.6. The van der Waals surface area contributed by atoms with Crippen molar-refractivity contribution in [1.29, 1.82) is 0 Å². The molecule has 0 aliphatic carbocycles. The fraction of sp³-hybridized carbons (Fsp3) is 0.364. The van der Waals surface area contributed by atoms with Crippen molar-refractivity contribution in [3.63, 3.8) is 0 Å². The van der Waals surface area contributed by atoms with E-state index in [4.69, 9.17) is 0 Å². The molecule has 8 heterocycles. The molecule has 14 rings (SSSR count). The van der Waals surface area contributed by atoms with Crippen molar-refractivity contribution in [2.24, 2.45) is 0 Å². The predicted octanol–water partition coefficient (Wildman–Crippen LogP) is 11.2. The second-order valence-electron chi connectivity index (χ2n) is 23.7. The lowest BCUT2D eigenvalue weighted by Gasteiger charge is -2.58. The molecule has 22 heteroatoms. The van der Waals surface area contributed by atoms with Crippen molar-refractivity contribution in [3.05, 3.63) is 192 Å². The first-order chi connectivity index (χ1) is 42.1. The summed E-state index contributed by atoms with van der Waals surface area (Å²) in [5, 5.41) is 0. The summed E-state index contributed by atoms with van der Waals surface area (Å²) in [6, 6.07) is 49.3. The number of para-hydroxylation sites is 2. The maximum Gasteiger partial charge on any atom is 0.266 e. The summed E-state index contributed by atoms with van der Waals surface area (Å²) in [5.74, 6) is -0.751. The molecule has 6 aromatic carbocycles. The highest BCUT2D eigenvalue weighted by Gasteiger charge is 2.79. The third kappa shape index (κ3) is 9.05. The molecule has 6 aromatic rings. The Morgan fingerprint density at radius 2 is 0.920 bits per heavy atom. The quantitative estimate of drug-likeness (QED) is 0.0583. The molecule has 0 unspecified atom stereocenters. The smallest absolute Gasteiger partial charge is 0.266 e. The van der Waals surface area contributed by atoms with E-state index in [1.807, 2.05) is 55.5 Å². The normalized spacial score (nSPS) is 28.2. The van der Waals surface area contributed by atoms with Gasteiger partial charge in [0.25, 0.3) is 43.7 Å². The largest absolute Gasteiger partial charge is 0.320 e. The fourth-order valence-corrected chi connectivity index (χ4v) is 24.3. The van der Waals surface area contributed by atoms with Crippen LogP contribution in [0.2, 0.25) is 0 Å². The minimum absolute atomic E-state index is 0.0774. The van der Waals surface area contributed by atoms with Gasteiger partial charge in [-0.25, -0.2) is 25.4 Å². The second kappa shape index (κ2) is 22.7. The van der Waals surface area contributed by atoms with Crippen LogP contribution in [-0.2, 0) is 50.1 Å². The SMILES string of the molecule is CCC[C@]12C[C@@]34SS[C@@](C)(C(=O)N3[C@H]1N(S(=O)(=O)c1ccccc1)c1ccccc12)N(C)C4=O.CCC[C@]12C[C@]3(SCCC(=O)c4ccccc4)C(=O)N(C)[C@@](C)(SCCC(=O)c4ccccc4)C(=O)N3[C@H]1N(S(=O)(=O)c1ccccc1)c1ccccc12. The number of sulfonamides is 2. The molecule has 8 aliphatic rings. The van der Waals surface area contributed by atoms with Crippen LogP contribution in [0.5, 0.6) is 0 Å². The molecule has 458 valence electrons. The number of piperazine rings is 2. The van der Waals surface area contributed by atoms with E-state index in [0.717, 1.165) is 17.5 Å². The Morgan fingerprint density at radius 3 is 1.40 bits per heavy atom. The zero-order valence-electron chi connectivity index (χ0n) is 49.6. The molecule has 2 bridgehead atoms. The van der Waals surface area contributed by atoms with Crippen LogP contribution in [-0.4, -0.2) is 129 Å². The standard InChI is InChI=1S/C42H43N3O6S3.C24H25N3O4S3/c1-4-26-41-29-42(53-28-25-36(47)31-18-10-6-11-19-31)39(49)43(3)40(2,52-27-24-35(46)30-16-8-5-9-17-30)38(48)44(42)37(41)45(34-23-15-14-22-33(34)41)54(50,51)32-20-12-7-13-21-32;1-4-14-23-15-24-21(29)25(3)22(2,32-33-24)20(28)26(24)19(23)27(18-13-9-8-12-17(18)23)34(30,31)16-10-6-5-7-11-16/h5-23,37H,4,24-29H2,1-3H3;5-13,19H,4,14-15H2,1-3H3/t37-,40-,41+,42-;19-,22-,23+,24-/m00/s1. The van der Waals surface area contributed by atoms with E-state index in [0.29, 0.717) is 48.2 Å². The molecule has 0 radical (unpaired) electrons. The maximum absolute atomic E-state index is 15.5. The Labute approximate surface area is 531 Å². The Bertz CT molecular complexity index is 4030. The van der Waals surface area contributed by atoms with Gasteiger partial charge in [-0.05, 0) is 74.2 Å².